The first-order chi connectivity index (χ1) is 6.02. The fourth-order valence-electron chi connectivity index (χ4n) is 0.592. The highest BCUT2D eigenvalue weighted by molar-refractivity contribution is 7.99. The molecule has 0 aromatic carbocycles. The van der Waals surface area contributed by atoms with Crippen molar-refractivity contribution in [3.63, 3.8) is 0 Å². The van der Waals surface area contributed by atoms with Crippen LogP contribution >= 0.6 is 11.8 Å². The van der Waals surface area contributed by atoms with Crippen molar-refractivity contribution in [2.24, 2.45) is 11.7 Å². The van der Waals surface area contributed by atoms with Crippen molar-refractivity contribution in [2.75, 3.05) is 18.1 Å². The number of nitriles is 1. The summed E-state index contributed by atoms with van der Waals surface area (Å²) in [6.45, 7) is 0.468. The molecule has 2 N–H and O–H groups in total. The predicted molar refractivity (Wildman–Crippen MR) is 46.2 cm³/mol. The van der Waals surface area contributed by atoms with Crippen LogP contribution in [0.2, 0.25) is 0 Å². The van der Waals surface area contributed by atoms with Gasteiger partial charge in [-0.2, -0.15) is 30.2 Å². The Balaban J connectivity index is 3.69. The monoisotopic (exact) mass is 212 g/mol. The summed E-state index contributed by atoms with van der Waals surface area (Å²) in [4.78, 5) is 0. The molecule has 0 aliphatic carbocycles. The summed E-state index contributed by atoms with van der Waals surface area (Å²) in [7, 11) is 0. The van der Waals surface area contributed by atoms with Crippen molar-refractivity contribution in [3.05, 3.63) is 0 Å². The third-order valence-corrected chi connectivity index (χ3v) is 2.47. The van der Waals surface area contributed by atoms with Gasteiger partial charge in [0.1, 0.15) is 0 Å². The standard InChI is InChI=1S/C7H11F3N2S/c8-7(9,10)6(4-12)5-13-3-1-2-11/h6H,1-3,5,11H2. The van der Waals surface area contributed by atoms with Gasteiger partial charge in [0.2, 0.25) is 0 Å². The second-order valence-electron chi connectivity index (χ2n) is 2.44. The van der Waals surface area contributed by atoms with Crippen LogP contribution in [0.1, 0.15) is 6.42 Å². The molecule has 0 aromatic rings. The number of alkyl halides is 3. The zero-order valence-electron chi connectivity index (χ0n) is 6.97. The van der Waals surface area contributed by atoms with E-state index in [9.17, 15) is 13.2 Å². The molecule has 0 aliphatic heterocycles. The topological polar surface area (TPSA) is 49.8 Å². The van der Waals surface area contributed by atoms with E-state index in [0.717, 1.165) is 11.8 Å². The summed E-state index contributed by atoms with van der Waals surface area (Å²) >= 11 is 1.11. The van der Waals surface area contributed by atoms with Crippen LogP contribution in [-0.2, 0) is 0 Å². The molecule has 13 heavy (non-hydrogen) atoms. The van der Waals surface area contributed by atoms with E-state index in [4.69, 9.17) is 11.0 Å². The lowest BCUT2D eigenvalue weighted by Crippen LogP contribution is -2.23. The average Bonchev–Trinajstić information content (AvgIpc) is 2.02. The quantitative estimate of drug-likeness (QED) is 0.706. The molecule has 0 saturated carbocycles. The molecule has 0 aliphatic rings. The highest BCUT2D eigenvalue weighted by Crippen LogP contribution is 2.28. The maximum atomic E-state index is 12.0. The molecule has 0 fully saturated rings. The summed E-state index contributed by atoms with van der Waals surface area (Å²) in [5, 5.41) is 8.21. The Labute approximate surface area is 79.3 Å². The lowest BCUT2D eigenvalue weighted by molar-refractivity contribution is -0.152. The number of hydrogen-bond acceptors (Lipinski definition) is 3. The number of halogens is 3. The molecule has 6 heteroatoms. The van der Waals surface area contributed by atoms with Crippen LogP contribution in [0.4, 0.5) is 13.2 Å². The van der Waals surface area contributed by atoms with Gasteiger partial charge in [-0.25, -0.2) is 0 Å². The van der Waals surface area contributed by atoms with Crippen molar-refractivity contribution in [3.8, 4) is 6.07 Å². The molecule has 1 atom stereocenters. The fraction of sp³-hybridized carbons (Fsp3) is 0.857. The van der Waals surface area contributed by atoms with Crippen LogP contribution in [0.15, 0.2) is 0 Å². The van der Waals surface area contributed by atoms with Crippen molar-refractivity contribution in [2.45, 2.75) is 12.6 Å². The molecule has 0 radical (unpaired) electrons. The summed E-state index contributed by atoms with van der Waals surface area (Å²) in [6, 6.07) is 1.24. The molecule has 0 saturated heterocycles. The molecule has 2 nitrogen and oxygen atoms in total. The Kier molecular flexibility index (Phi) is 5.91. The van der Waals surface area contributed by atoms with Crippen molar-refractivity contribution < 1.29 is 13.2 Å². The van der Waals surface area contributed by atoms with Crippen molar-refractivity contribution >= 4 is 11.8 Å². The molecule has 0 amide bonds. The fourth-order valence-corrected chi connectivity index (χ4v) is 1.63. The van der Waals surface area contributed by atoms with Crippen LogP contribution in [0.3, 0.4) is 0 Å². The second kappa shape index (κ2) is 6.11. The summed E-state index contributed by atoms with van der Waals surface area (Å²) < 4.78 is 35.9. The van der Waals surface area contributed by atoms with E-state index < -0.39 is 12.1 Å². The Bertz CT molecular complexity index is 176. The minimum absolute atomic E-state index is 0.194. The first-order valence-corrected chi connectivity index (χ1v) is 4.92. The molecular weight excluding hydrogens is 201 g/mol. The van der Waals surface area contributed by atoms with Gasteiger partial charge >= 0.3 is 6.18 Å². The van der Waals surface area contributed by atoms with Gasteiger partial charge < -0.3 is 5.73 Å². The predicted octanol–water partition coefficient (Wildman–Crippen LogP) is 1.77. The van der Waals surface area contributed by atoms with Gasteiger partial charge in [-0.1, -0.05) is 0 Å². The first kappa shape index (κ1) is 12.6. The molecule has 0 aromatic heterocycles. The van der Waals surface area contributed by atoms with Crippen LogP contribution in [0, 0.1) is 17.2 Å². The molecule has 0 rings (SSSR count). The maximum absolute atomic E-state index is 12.0. The van der Waals surface area contributed by atoms with E-state index in [1.165, 1.54) is 6.07 Å². The number of rotatable bonds is 5. The van der Waals surface area contributed by atoms with Crippen molar-refractivity contribution in [1.82, 2.24) is 0 Å². The SMILES string of the molecule is N#CC(CSCCCN)C(F)(F)F. The highest BCUT2D eigenvalue weighted by atomic mass is 32.2. The smallest absolute Gasteiger partial charge is 0.330 e. The maximum Gasteiger partial charge on any atom is 0.405 e. The summed E-state index contributed by atoms with van der Waals surface area (Å²) in [5.41, 5.74) is 5.16. The van der Waals surface area contributed by atoms with E-state index >= 15 is 0 Å². The summed E-state index contributed by atoms with van der Waals surface area (Å²) in [6.07, 6.45) is -3.72. The lowest BCUT2D eigenvalue weighted by Gasteiger charge is -2.11. The van der Waals surface area contributed by atoms with E-state index in [2.05, 4.69) is 0 Å². The van der Waals surface area contributed by atoms with E-state index in [-0.39, 0.29) is 5.75 Å². The van der Waals surface area contributed by atoms with Gasteiger partial charge in [-0.15, -0.1) is 0 Å². The highest BCUT2D eigenvalue weighted by Gasteiger charge is 2.39. The molecule has 1 unspecified atom stereocenters. The van der Waals surface area contributed by atoms with Gasteiger partial charge in [0.15, 0.2) is 5.92 Å². The number of thioether (sulfide) groups is 1. The first-order valence-electron chi connectivity index (χ1n) is 3.76. The van der Waals surface area contributed by atoms with E-state index in [0.29, 0.717) is 18.7 Å². The average molecular weight is 212 g/mol. The van der Waals surface area contributed by atoms with Crippen LogP contribution in [0.5, 0.6) is 0 Å². The van der Waals surface area contributed by atoms with Crippen molar-refractivity contribution in [1.29, 1.82) is 5.26 Å². The zero-order chi connectivity index (χ0) is 10.3. The molecular formula is C7H11F3N2S. The zero-order valence-corrected chi connectivity index (χ0v) is 7.79. The number of hydrogen-bond donors (Lipinski definition) is 1. The molecule has 0 heterocycles. The minimum atomic E-state index is -4.40. The van der Waals surface area contributed by atoms with E-state index in [1.54, 1.807) is 0 Å². The third kappa shape index (κ3) is 5.77. The molecule has 76 valence electrons. The second-order valence-corrected chi connectivity index (χ2v) is 3.59. The number of nitrogens with two attached hydrogens (primary N) is 1. The van der Waals surface area contributed by atoms with Crippen LogP contribution in [-0.4, -0.2) is 24.2 Å². The van der Waals surface area contributed by atoms with Crippen LogP contribution in [0.25, 0.3) is 0 Å². The Morgan fingerprint density at radius 2 is 2.08 bits per heavy atom. The van der Waals surface area contributed by atoms with Crippen LogP contribution < -0.4 is 5.73 Å². The number of nitrogens with zero attached hydrogens (tertiary/aromatic N) is 1. The van der Waals surface area contributed by atoms with Gasteiger partial charge in [0.25, 0.3) is 0 Å². The van der Waals surface area contributed by atoms with E-state index in [1.807, 2.05) is 0 Å². The van der Waals surface area contributed by atoms with Gasteiger partial charge in [-0.3, -0.25) is 0 Å². The molecule has 0 spiro atoms. The lowest BCUT2D eigenvalue weighted by atomic mass is 10.2. The van der Waals surface area contributed by atoms with Gasteiger partial charge in [0, 0.05) is 5.75 Å². The Hall–Kier alpha value is -0.410. The Morgan fingerprint density at radius 1 is 1.46 bits per heavy atom. The normalized spacial score (nSPS) is 13.8. The third-order valence-electron chi connectivity index (χ3n) is 1.33. The van der Waals surface area contributed by atoms with Gasteiger partial charge in [-0.05, 0) is 18.7 Å². The molecule has 0 bridgehead atoms. The minimum Gasteiger partial charge on any atom is -0.330 e. The van der Waals surface area contributed by atoms with Gasteiger partial charge in [0.05, 0.1) is 6.07 Å². The summed E-state index contributed by atoms with van der Waals surface area (Å²) in [5.74, 6) is -1.47. The Morgan fingerprint density at radius 3 is 2.46 bits per heavy atom. The largest absolute Gasteiger partial charge is 0.405 e.